The molecule has 0 saturated carbocycles. The van der Waals surface area contributed by atoms with Crippen molar-refractivity contribution in [1.29, 1.82) is 5.26 Å². The molecule has 0 bridgehead atoms. The van der Waals surface area contributed by atoms with Crippen LogP contribution in [0.1, 0.15) is 32.0 Å². The van der Waals surface area contributed by atoms with Crippen LogP contribution in [0.2, 0.25) is 0 Å². The van der Waals surface area contributed by atoms with E-state index in [1.54, 1.807) is 12.3 Å². The summed E-state index contributed by atoms with van der Waals surface area (Å²) in [4.78, 5) is 3.89. The van der Waals surface area contributed by atoms with Crippen LogP contribution in [0.5, 0.6) is 0 Å². The maximum Gasteiger partial charge on any atom is 0.140 e. The van der Waals surface area contributed by atoms with Crippen molar-refractivity contribution < 1.29 is 9.47 Å². The molecule has 92 valence electrons. The highest BCUT2D eigenvalue weighted by Crippen LogP contribution is 2.06. The van der Waals surface area contributed by atoms with Crippen molar-refractivity contribution in [2.45, 2.75) is 33.0 Å². The fourth-order valence-corrected chi connectivity index (χ4v) is 1.22. The third-order valence-corrected chi connectivity index (χ3v) is 1.97. The van der Waals surface area contributed by atoms with Crippen LogP contribution >= 0.6 is 0 Å². The Labute approximate surface area is 102 Å². The van der Waals surface area contributed by atoms with Gasteiger partial charge in [0.2, 0.25) is 0 Å². The summed E-state index contributed by atoms with van der Waals surface area (Å²) in [5, 5.41) is 8.69. The third kappa shape index (κ3) is 6.00. The Morgan fingerprint density at radius 1 is 1.35 bits per heavy atom. The van der Waals surface area contributed by atoms with Crippen LogP contribution in [0.15, 0.2) is 18.3 Å². The molecule has 0 spiro atoms. The second-order valence-corrected chi connectivity index (χ2v) is 4.67. The second-order valence-electron chi connectivity index (χ2n) is 4.67. The number of nitrogens with zero attached hydrogens (tertiary/aromatic N) is 2. The zero-order valence-corrected chi connectivity index (χ0v) is 10.6. The highest BCUT2D eigenvalue weighted by molar-refractivity contribution is 5.24. The van der Waals surface area contributed by atoms with E-state index in [-0.39, 0.29) is 5.60 Å². The van der Waals surface area contributed by atoms with Gasteiger partial charge in [-0.25, -0.2) is 4.98 Å². The number of aromatic nitrogens is 1. The van der Waals surface area contributed by atoms with E-state index in [1.807, 2.05) is 32.9 Å². The summed E-state index contributed by atoms with van der Waals surface area (Å²) < 4.78 is 11.0. The van der Waals surface area contributed by atoms with Gasteiger partial charge in [-0.2, -0.15) is 5.26 Å². The number of nitriles is 1. The smallest absolute Gasteiger partial charge is 0.140 e. The van der Waals surface area contributed by atoms with Crippen molar-refractivity contribution in [3.8, 4) is 6.07 Å². The van der Waals surface area contributed by atoms with Crippen LogP contribution in [0.3, 0.4) is 0 Å². The predicted octanol–water partition coefficient (Wildman–Crippen LogP) is 2.28. The molecule has 4 heteroatoms. The van der Waals surface area contributed by atoms with Gasteiger partial charge in [0.15, 0.2) is 0 Å². The Morgan fingerprint density at radius 3 is 2.76 bits per heavy atom. The van der Waals surface area contributed by atoms with Crippen molar-refractivity contribution in [2.75, 3.05) is 13.2 Å². The Kier molecular flexibility index (Phi) is 5.08. The zero-order chi connectivity index (χ0) is 12.7. The normalized spacial score (nSPS) is 11.2. The maximum absolute atomic E-state index is 8.69. The minimum absolute atomic E-state index is 0.131. The average Bonchev–Trinajstić information content (AvgIpc) is 2.27. The summed E-state index contributed by atoms with van der Waals surface area (Å²) in [5.41, 5.74) is 1.23. The lowest BCUT2D eigenvalue weighted by Crippen LogP contribution is -2.21. The number of hydrogen-bond donors (Lipinski definition) is 0. The Bertz CT molecular complexity index is 391. The second kappa shape index (κ2) is 6.33. The van der Waals surface area contributed by atoms with E-state index in [0.717, 1.165) is 5.56 Å². The van der Waals surface area contributed by atoms with Crippen LogP contribution in [0.4, 0.5) is 0 Å². The van der Waals surface area contributed by atoms with Gasteiger partial charge in [-0.1, -0.05) is 0 Å². The average molecular weight is 234 g/mol. The lowest BCUT2D eigenvalue weighted by Gasteiger charge is -2.19. The fourth-order valence-electron chi connectivity index (χ4n) is 1.22. The summed E-state index contributed by atoms with van der Waals surface area (Å²) >= 11 is 0. The van der Waals surface area contributed by atoms with Gasteiger partial charge in [0.05, 0.1) is 25.4 Å². The standard InChI is InChI=1S/C13H18N2O2/c1-13(2,3)17-7-6-16-10-11-4-5-15-12(8-11)9-14/h4-5,8H,6-7,10H2,1-3H3. The first-order valence-electron chi connectivity index (χ1n) is 5.58. The van der Waals surface area contributed by atoms with E-state index in [0.29, 0.717) is 25.5 Å². The molecule has 0 atom stereocenters. The van der Waals surface area contributed by atoms with E-state index in [2.05, 4.69) is 4.98 Å². The monoisotopic (exact) mass is 234 g/mol. The summed E-state index contributed by atoms with van der Waals surface area (Å²) in [5.74, 6) is 0. The summed E-state index contributed by atoms with van der Waals surface area (Å²) in [7, 11) is 0. The molecule has 0 aliphatic carbocycles. The molecule has 0 amide bonds. The van der Waals surface area contributed by atoms with E-state index in [4.69, 9.17) is 14.7 Å². The van der Waals surface area contributed by atoms with E-state index in [1.165, 1.54) is 0 Å². The number of pyridine rings is 1. The van der Waals surface area contributed by atoms with Gasteiger partial charge < -0.3 is 9.47 Å². The molecule has 4 nitrogen and oxygen atoms in total. The van der Waals surface area contributed by atoms with Gasteiger partial charge >= 0.3 is 0 Å². The van der Waals surface area contributed by atoms with Gasteiger partial charge in [-0.3, -0.25) is 0 Å². The minimum atomic E-state index is -0.131. The molecule has 0 unspecified atom stereocenters. The molecule has 0 fully saturated rings. The molecular formula is C13H18N2O2. The molecule has 0 aliphatic heterocycles. The highest BCUT2D eigenvalue weighted by atomic mass is 16.5. The molecule has 1 aromatic rings. The van der Waals surface area contributed by atoms with Crippen molar-refractivity contribution in [2.24, 2.45) is 0 Å². The minimum Gasteiger partial charge on any atom is -0.374 e. The van der Waals surface area contributed by atoms with Crippen LogP contribution in [-0.4, -0.2) is 23.8 Å². The van der Waals surface area contributed by atoms with Gasteiger partial charge in [-0.05, 0) is 38.5 Å². The quantitative estimate of drug-likeness (QED) is 0.733. The zero-order valence-electron chi connectivity index (χ0n) is 10.6. The molecule has 17 heavy (non-hydrogen) atoms. The highest BCUT2D eigenvalue weighted by Gasteiger charge is 2.08. The van der Waals surface area contributed by atoms with Gasteiger partial charge in [-0.15, -0.1) is 0 Å². The van der Waals surface area contributed by atoms with Gasteiger partial charge in [0.1, 0.15) is 11.8 Å². The van der Waals surface area contributed by atoms with Crippen molar-refractivity contribution in [3.05, 3.63) is 29.6 Å². The number of rotatable bonds is 5. The topological polar surface area (TPSA) is 55.1 Å². The third-order valence-electron chi connectivity index (χ3n) is 1.97. The Hall–Kier alpha value is -1.44. The lowest BCUT2D eigenvalue weighted by atomic mass is 10.2. The lowest BCUT2D eigenvalue weighted by molar-refractivity contribution is -0.0376. The van der Waals surface area contributed by atoms with Crippen molar-refractivity contribution in [1.82, 2.24) is 4.98 Å². The predicted molar refractivity (Wildman–Crippen MR) is 64.3 cm³/mol. The van der Waals surface area contributed by atoms with Crippen LogP contribution in [0.25, 0.3) is 0 Å². The molecule has 0 aliphatic rings. The summed E-state index contributed by atoms with van der Waals surface area (Å²) in [6.07, 6.45) is 1.61. The van der Waals surface area contributed by atoms with Crippen LogP contribution in [-0.2, 0) is 16.1 Å². The molecule has 1 heterocycles. The summed E-state index contributed by atoms with van der Waals surface area (Å²) in [6.45, 7) is 7.62. The Balaban J connectivity index is 2.25. The SMILES string of the molecule is CC(C)(C)OCCOCc1ccnc(C#N)c1. The van der Waals surface area contributed by atoms with E-state index >= 15 is 0 Å². The molecule has 1 rings (SSSR count). The molecule has 0 saturated heterocycles. The molecule has 0 N–H and O–H groups in total. The largest absolute Gasteiger partial charge is 0.374 e. The molecule has 1 aromatic heterocycles. The Morgan fingerprint density at radius 2 is 2.12 bits per heavy atom. The van der Waals surface area contributed by atoms with Crippen molar-refractivity contribution >= 4 is 0 Å². The number of ether oxygens (including phenoxy) is 2. The fraction of sp³-hybridized carbons (Fsp3) is 0.538. The van der Waals surface area contributed by atoms with Crippen LogP contribution < -0.4 is 0 Å². The van der Waals surface area contributed by atoms with Gasteiger partial charge in [0, 0.05) is 6.20 Å². The van der Waals surface area contributed by atoms with E-state index in [9.17, 15) is 0 Å². The van der Waals surface area contributed by atoms with Crippen LogP contribution in [0, 0.1) is 11.3 Å². The van der Waals surface area contributed by atoms with Crippen molar-refractivity contribution in [3.63, 3.8) is 0 Å². The summed E-state index contributed by atoms with van der Waals surface area (Å²) in [6, 6.07) is 5.56. The molecule has 0 aromatic carbocycles. The maximum atomic E-state index is 8.69. The van der Waals surface area contributed by atoms with Gasteiger partial charge in [0.25, 0.3) is 0 Å². The first-order valence-corrected chi connectivity index (χ1v) is 5.58. The molecular weight excluding hydrogens is 216 g/mol. The van der Waals surface area contributed by atoms with E-state index < -0.39 is 0 Å². The first-order chi connectivity index (χ1) is 8.01. The first kappa shape index (κ1) is 13.6. The molecule has 0 radical (unpaired) electrons. The number of hydrogen-bond acceptors (Lipinski definition) is 4.